The SMILES string of the molecule is Cc1nc2c(Cl)nccc2n1C(C)C. The Morgan fingerprint density at radius 2 is 2.14 bits per heavy atom. The van der Waals surface area contributed by atoms with Crippen LogP contribution < -0.4 is 0 Å². The van der Waals surface area contributed by atoms with Gasteiger partial charge in [0.1, 0.15) is 11.3 Å². The van der Waals surface area contributed by atoms with Gasteiger partial charge in [0.25, 0.3) is 0 Å². The summed E-state index contributed by atoms with van der Waals surface area (Å²) in [5, 5.41) is 0.477. The number of halogens is 1. The molecule has 0 saturated carbocycles. The molecule has 2 rings (SSSR count). The Labute approximate surface area is 87.7 Å². The van der Waals surface area contributed by atoms with Gasteiger partial charge in [-0.25, -0.2) is 9.97 Å². The zero-order chi connectivity index (χ0) is 10.3. The fraction of sp³-hybridized carbons (Fsp3) is 0.400. The number of rotatable bonds is 1. The lowest BCUT2D eigenvalue weighted by atomic mass is 10.3. The average molecular weight is 210 g/mol. The first-order valence-corrected chi connectivity index (χ1v) is 4.98. The van der Waals surface area contributed by atoms with Crippen molar-refractivity contribution < 1.29 is 0 Å². The molecule has 0 amide bonds. The lowest BCUT2D eigenvalue weighted by Crippen LogP contribution is -2.02. The van der Waals surface area contributed by atoms with Gasteiger partial charge in [-0.15, -0.1) is 0 Å². The summed E-state index contributed by atoms with van der Waals surface area (Å²) in [6, 6.07) is 2.33. The van der Waals surface area contributed by atoms with E-state index in [-0.39, 0.29) is 0 Å². The smallest absolute Gasteiger partial charge is 0.156 e. The number of pyridine rings is 1. The van der Waals surface area contributed by atoms with E-state index >= 15 is 0 Å². The van der Waals surface area contributed by atoms with Crippen LogP contribution in [0.25, 0.3) is 11.0 Å². The second-order valence-corrected chi connectivity index (χ2v) is 3.95. The van der Waals surface area contributed by atoms with Crippen molar-refractivity contribution in [1.82, 2.24) is 14.5 Å². The van der Waals surface area contributed by atoms with Gasteiger partial charge in [0, 0.05) is 12.2 Å². The highest BCUT2D eigenvalue weighted by Gasteiger charge is 2.12. The molecular weight excluding hydrogens is 198 g/mol. The molecular formula is C10H12ClN3. The van der Waals surface area contributed by atoms with Crippen molar-refractivity contribution in [2.24, 2.45) is 0 Å². The molecule has 0 unspecified atom stereocenters. The van der Waals surface area contributed by atoms with Gasteiger partial charge in [-0.2, -0.15) is 0 Å². The molecule has 4 heteroatoms. The van der Waals surface area contributed by atoms with Crippen molar-refractivity contribution >= 4 is 22.6 Å². The number of imidazole rings is 1. The van der Waals surface area contributed by atoms with Gasteiger partial charge < -0.3 is 4.57 Å². The molecule has 0 saturated heterocycles. The van der Waals surface area contributed by atoms with Gasteiger partial charge in [-0.05, 0) is 26.8 Å². The van der Waals surface area contributed by atoms with E-state index in [4.69, 9.17) is 11.6 Å². The maximum Gasteiger partial charge on any atom is 0.156 e. The summed E-state index contributed by atoms with van der Waals surface area (Å²) < 4.78 is 2.16. The average Bonchev–Trinajstić information content (AvgIpc) is 2.42. The first-order chi connectivity index (χ1) is 6.61. The normalized spacial score (nSPS) is 11.5. The maximum atomic E-state index is 5.96. The van der Waals surface area contributed by atoms with Gasteiger partial charge in [0.15, 0.2) is 5.15 Å². The molecule has 0 aliphatic heterocycles. The zero-order valence-electron chi connectivity index (χ0n) is 8.45. The van der Waals surface area contributed by atoms with Crippen molar-refractivity contribution in [1.29, 1.82) is 0 Å². The van der Waals surface area contributed by atoms with Crippen LogP contribution in [0.5, 0.6) is 0 Å². The van der Waals surface area contributed by atoms with Crippen LogP contribution in [-0.4, -0.2) is 14.5 Å². The molecule has 2 aromatic rings. The predicted molar refractivity (Wildman–Crippen MR) is 57.7 cm³/mol. The summed E-state index contributed by atoms with van der Waals surface area (Å²) in [6.45, 7) is 6.24. The maximum absolute atomic E-state index is 5.96. The second-order valence-electron chi connectivity index (χ2n) is 3.59. The monoisotopic (exact) mass is 209 g/mol. The highest BCUT2D eigenvalue weighted by Crippen LogP contribution is 2.24. The molecule has 3 nitrogen and oxygen atoms in total. The number of aryl methyl sites for hydroxylation is 1. The topological polar surface area (TPSA) is 30.7 Å². The molecule has 0 atom stereocenters. The third-order valence-corrected chi connectivity index (χ3v) is 2.53. The first-order valence-electron chi connectivity index (χ1n) is 4.60. The molecule has 14 heavy (non-hydrogen) atoms. The summed E-state index contributed by atoms with van der Waals surface area (Å²) in [7, 11) is 0. The van der Waals surface area contributed by atoms with Gasteiger partial charge >= 0.3 is 0 Å². The molecule has 74 valence electrons. The van der Waals surface area contributed by atoms with E-state index in [1.807, 2.05) is 13.0 Å². The van der Waals surface area contributed by atoms with Gasteiger partial charge in [0.2, 0.25) is 0 Å². The van der Waals surface area contributed by atoms with Crippen LogP contribution in [0.2, 0.25) is 5.15 Å². The Morgan fingerprint density at radius 1 is 1.43 bits per heavy atom. The molecule has 0 radical (unpaired) electrons. The Hall–Kier alpha value is -1.09. The summed E-state index contributed by atoms with van der Waals surface area (Å²) in [5.74, 6) is 0.977. The fourth-order valence-electron chi connectivity index (χ4n) is 1.76. The lowest BCUT2D eigenvalue weighted by Gasteiger charge is -2.10. The molecule has 2 aromatic heterocycles. The van der Waals surface area contributed by atoms with Gasteiger partial charge in [-0.3, -0.25) is 0 Å². The van der Waals surface area contributed by atoms with E-state index in [1.165, 1.54) is 0 Å². The van der Waals surface area contributed by atoms with Crippen molar-refractivity contribution in [2.45, 2.75) is 26.8 Å². The van der Waals surface area contributed by atoms with E-state index in [0.29, 0.717) is 11.2 Å². The van der Waals surface area contributed by atoms with Crippen LogP contribution in [0.1, 0.15) is 25.7 Å². The highest BCUT2D eigenvalue weighted by molar-refractivity contribution is 6.33. The van der Waals surface area contributed by atoms with E-state index in [1.54, 1.807) is 6.20 Å². The van der Waals surface area contributed by atoms with Gasteiger partial charge in [-0.1, -0.05) is 11.6 Å². The van der Waals surface area contributed by atoms with E-state index in [9.17, 15) is 0 Å². The van der Waals surface area contributed by atoms with Crippen LogP contribution in [0.3, 0.4) is 0 Å². The molecule has 0 N–H and O–H groups in total. The molecule has 0 fully saturated rings. The molecule has 0 spiro atoms. The predicted octanol–water partition coefficient (Wildman–Crippen LogP) is 2.97. The molecule has 0 aliphatic carbocycles. The summed E-state index contributed by atoms with van der Waals surface area (Å²) in [5.41, 5.74) is 1.85. The van der Waals surface area contributed by atoms with Crippen molar-refractivity contribution in [3.05, 3.63) is 23.2 Å². The van der Waals surface area contributed by atoms with E-state index in [0.717, 1.165) is 16.9 Å². The largest absolute Gasteiger partial charge is 0.326 e. The van der Waals surface area contributed by atoms with Crippen molar-refractivity contribution in [2.75, 3.05) is 0 Å². The number of fused-ring (bicyclic) bond motifs is 1. The van der Waals surface area contributed by atoms with E-state index < -0.39 is 0 Å². The second kappa shape index (κ2) is 3.24. The molecule has 0 bridgehead atoms. The number of aromatic nitrogens is 3. The van der Waals surface area contributed by atoms with Crippen LogP contribution in [0.15, 0.2) is 12.3 Å². The molecule has 0 aromatic carbocycles. The summed E-state index contributed by atoms with van der Waals surface area (Å²) in [6.07, 6.45) is 1.71. The van der Waals surface area contributed by atoms with Crippen LogP contribution in [-0.2, 0) is 0 Å². The van der Waals surface area contributed by atoms with Crippen LogP contribution in [0, 0.1) is 6.92 Å². The summed E-state index contributed by atoms with van der Waals surface area (Å²) >= 11 is 5.96. The fourth-order valence-corrected chi connectivity index (χ4v) is 1.95. The van der Waals surface area contributed by atoms with Crippen molar-refractivity contribution in [3.63, 3.8) is 0 Å². The molecule has 2 heterocycles. The Bertz CT molecular complexity index is 473. The number of hydrogen-bond acceptors (Lipinski definition) is 2. The third-order valence-electron chi connectivity index (χ3n) is 2.26. The third kappa shape index (κ3) is 1.28. The minimum atomic E-state index is 0.387. The number of hydrogen-bond donors (Lipinski definition) is 0. The van der Waals surface area contributed by atoms with Crippen molar-refractivity contribution in [3.8, 4) is 0 Å². The zero-order valence-corrected chi connectivity index (χ0v) is 9.21. The lowest BCUT2D eigenvalue weighted by molar-refractivity contribution is 0.600. The number of nitrogens with zero attached hydrogens (tertiary/aromatic N) is 3. The highest BCUT2D eigenvalue weighted by atomic mass is 35.5. The van der Waals surface area contributed by atoms with E-state index in [2.05, 4.69) is 28.4 Å². The van der Waals surface area contributed by atoms with Crippen LogP contribution >= 0.6 is 11.6 Å². The quantitative estimate of drug-likeness (QED) is 0.676. The standard InChI is InChI=1S/C10H12ClN3/c1-6(2)14-7(3)13-9-8(14)4-5-12-10(9)11/h4-6H,1-3H3. The minimum absolute atomic E-state index is 0.387. The minimum Gasteiger partial charge on any atom is -0.326 e. The Kier molecular flexibility index (Phi) is 2.19. The Balaban J connectivity index is 2.83. The Morgan fingerprint density at radius 3 is 2.79 bits per heavy atom. The summed E-state index contributed by atoms with van der Waals surface area (Å²) in [4.78, 5) is 8.41. The van der Waals surface area contributed by atoms with Crippen LogP contribution in [0.4, 0.5) is 0 Å². The molecule has 0 aliphatic rings. The first kappa shape index (κ1) is 9.46. The van der Waals surface area contributed by atoms with Gasteiger partial charge in [0.05, 0.1) is 5.52 Å².